The smallest absolute Gasteiger partial charge is 0.138 e. The van der Waals surface area contributed by atoms with E-state index in [1.54, 1.807) is 0 Å². The summed E-state index contributed by atoms with van der Waals surface area (Å²) in [6.45, 7) is 5.04. The van der Waals surface area contributed by atoms with Crippen LogP contribution in [-0.2, 0) is 13.0 Å². The minimum atomic E-state index is -0.938. The van der Waals surface area contributed by atoms with Gasteiger partial charge in [-0.3, -0.25) is 0 Å². The number of aromatic nitrogens is 3. The van der Waals surface area contributed by atoms with E-state index >= 15 is 0 Å². The summed E-state index contributed by atoms with van der Waals surface area (Å²) in [4.78, 5) is 4.22. The maximum atomic E-state index is 10.5. The van der Waals surface area contributed by atoms with E-state index in [0.717, 1.165) is 31.6 Å². The first kappa shape index (κ1) is 14.5. The van der Waals surface area contributed by atoms with E-state index in [1.807, 2.05) is 4.68 Å². The molecule has 19 heavy (non-hydrogen) atoms. The molecule has 2 N–H and O–H groups in total. The Hall–Kier alpha value is -0.940. The molecule has 1 heterocycles. The van der Waals surface area contributed by atoms with Crippen LogP contribution in [0.4, 0.5) is 0 Å². The lowest BCUT2D eigenvalue weighted by Gasteiger charge is -2.36. The molecular formula is C14H25N3O2. The Balaban J connectivity index is 2.02. The fourth-order valence-electron chi connectivity index (χ4n) is 2.80. The standard InChI is InChI=1S/C14H25N3O2/c1-11(2)9-17-13(15-10-16-17)8-12(18)14(19)6-4-3-5-7-14/h10-12,18-19H,3-9H2,1-2H3. The Morgan fingerprint density at radius 2 is 2.00 bits per heavy atom. The van der Waals surface area contributed by atoms with E-state index in [9.17, 15) is 10.2 Å². The van der Waals surface area contributed by atoms with Crippen LogP contribution in [0.5, 0.6) is 0 Å². The van der Waals surface area contributed by atoms with Gasteiger partial charge in [-0.1, -0.05) is 33.1 Å². The van der Waals surface area contributed by atoms with Gasteiger partial charge < -0.3 is 10.2 Å². The summed E-state index contributed by atoms with van der Waals surface area (Å²) in [7, 11) is 0. The molecule has 1 saturated carbocycles. The molecule has 2 rings (SSSR count). The third kappa shape index (κ3) is 3.54. The Bertz CT molecular complexity index is 397. The second-order valence-electron chi connectivity index (χ2n) is 6.14. The van der Waals surface area contributed by atoms with Gasteiger partial charge in [0.25, 0.3) is 0 Å². The molecule has 1 aromatic rings. The maximum absolute atomic E-state index is 10.5. The van der Waals surface area contributed by atoms with Crippen molar-refractivity contribution < 1.29 is 10.2 Å². The number of nitrogens with zero attached hydrogens (tertiary/aromatic N) is 3. The minimum absolute atomic E-state index is 0.378. The van der Waals surface area contributed by atoms with Gasteiger partial charge in [0, 0.05) is 13.0 Å². The van der Waals surface area contributed by atoms with Crippen LogP contribution in [0.25, 0.3) is 0 Å². The lowest BCUT2D eigenvalue weighted by atomic mass is 9.79. The fourth-order valence-corrected chi connectivity index (χ4v) is 2.80. The fraction of sp³-hybridized carbons (Fsp3) is 0.857. The highest BCUT2D eigenvalue weighted by Crippen LogP contribution is 2.32. The summed E-state index contributed by atoms with van der Waals surface area (Å²) in [5.41, 5.74) is -0.938. The topological polar surface area (TPSA) is 71.2 Å². The van der Waals surface area contributed by atoms with E-state index < -0.39 is 11.7 Å². The minimum Gasteiger partial charge on any atom is -0.390 e. The molecule has 0 saturated heterocycles. The van der Waals surface area contributed by atoms with Crippen molar-refractivity contribution in [2.45, 2.75) is 70.6 Å². The molecule has 1 aliphatic rings. The monoisotopic (exact) mass is 267 g/mol. The summed E-state index contributed by atoms with van der Waals surface area (Å²) >= 11 is 0. The van der Waals surface area contributed by atoms with Crippen LogP contribution in [-0.4, -0.2) is 36.7 Å². The largest absolute Gasteiger partial charge is 0.390 e. The van der Waals surface area contributed by atoms with Crippen LogP contribution < -0.4 is 0 Å². The number of aliphatic hydroxyl groups is 2. The van der Waals surface area contributed by atoms with Crippen molar-refractivity contribution in [2.24, 2.45) is 5.92 Å². The second-order valence-corrected chi connectivity index (χ2v) is 6.14. The molecule has 0 aliphatic heterocycles. The molecule has 1 atom stereocenters. The summed E-state index contributed by atoms with van der Waals surface area (Å²) in [6.07, 6.45) is 5.66. The first-order chi connectivity index (χ1) is 9.01. The average Bonchev–Trinajstić information content (AvgIpc) is 2.76. The molecule has 5 heteroatoms. The molecule has 0 radical (unpaired) electrons. The van der Waals surface area contributed by atoms with Crippen LogP contribution in [0.2, 0.25) is 0 Å². The molecule has 1 fully saturated rings. The zero-order valence-electron chi connectivity index (χ0n) is 11.9. The van der Waals surface area contributed by atoms with Crippen molar-refractivity contribution in [3.05, 3.63) is 12.2 Å². The second kappa shape index (κ2) is 6.01. The lowest BCUT2D eigenvalue weighted by molar-refractivity contribution is -0.0970. The van der Waals surface area contributed by atoms with Crippen molar-refractivity contribution in [1.82, 2.24) is 14.8 Å². The van der Waals surface area contributed by atoms with E-state index in [0.29, 0.717) is 25.2 Å². The normalized spacial score (nSPS) is 20.7. The first-order valence-electron chi connectivity index (χ1n) is 7.28. The molecule has 0 bridgehead atoms. The van der Waals surface area contributed by atoms with Gasteiger partial charge in [0.05, 0.1) is 11.7 Å². The van der Waals surface area contributed by atoms with Gasteiger partial charge in [0.1, 0.15) is 12.2 Å². The zero-order valence-corrected chi connectivity index (χ0v) is 11.9. The Morgan fingerprint density at radius 3 is 2.63 bits per heavy atom. The van der Waals surface area contributed by atoms with Crippen molar-refractivity contribution in [1.29, 1.82) is 0 Å². The van der Waals surface area contributed by atoms with Crippen LogP contribution in [0.1, 0.15) is 51.8 Å². The van der Waals surface area contributed by atoms with Crippen molar-refractivity contribution in [2.75, 3.05) is 0 Å². The molecular weight excluding hydrogens is 242 g/mol. The summed E-state index contributed by atoms with van der Waals surface area (Å²) in [5.74, 6) is 1.25. The van der Waals surface area contributed by atoms with Crippen molar-refractivity contribution in [3.8, 4) is 0 Å². The number of aliphatic hydroxyl groups excluding tert-OH is 1. The number of rotatable bonds is 5. The Kier molecular flexibility index (Phi) is 4.58. The van der Waals surface area contributed by atoms with Gasteiger partial charge in [-0.15, -0.1) is 0 Å². The van der Waals surface area contributed by atoms with Crippen molar-refractivity contribution >= 4 is 0 Å². The molecule has 0 aromatic carbocycles. The highest BCUT2D eigenvalue weighted by molar-refractivity contribution is 4.97. The molecule has 0 spiro atoms. The third-order valence-electron chi connectivity index (χ3n) is 3.95. The maximum Gasteiger partial charge on any atom is 0.138 e. The van der Waals surface area contributed by atoms with Crippen LogP contribution >= 0.6 is 0 Å². The van der Waals surface area contributed by atoms with Gasteiger partial charge in [0.15, 0.2) is 0 Å². The van der Waals surface area contributed by atoms with Gasteiger partial charge in [0.2, 0.25) is 0 Å². The van der Waals surface area contributed by atoms with E-state index in [4.69, 9.17) is 0 Å². The van der Waals surface area contributed by atoms with Gasteiger partial charge in [-0.25, -0.2) is 9.67 Å². The highest BCUT2D eigenvalue weighted by Gasteiger charge is 2.37. The average molecular weight is 267 g/mol. The highest BCUT2D eigenvalue weighted by atomic mass is 16.3. The zero-order chi connectivity index (χ0) is 13.9. The number of hydrogen-bond acceptors (Lipinski definition) is 4. The Morgan fingerprint density at radius 1 is 1.32 bits per heavy atom. The number of hydrogen-bond donors (Lipinski definition) is 2. The summed E-state index contributed by atoms with van der Waals surface area (Å²) < 4.78 is 1.83. The van der Waals surface area contributed by atoms with Crippen molar-refractivity contribution in [3.63, 3.8) is 0 Å². The quantitative estimate of drug-likeness (QED) is 0.849. The van der Waals surface area contributed by atoms with Crippen LogP contribution in [0, 0.1) is 5.92 Å². The molecule has 5 nitrogen and oxygen atoms in total. The molecule has 108 valence electrons. The van der Waals surface area contributed by atoms with E-state index in [-0.39, 0.29) is 0 Å². The van der Waals surface area contributed by atoms with Gasteiger partial charge in [-0.2, -0.15) is 5.10 Å². The van der Waals surface area contributed by atoms with Gasteiger partial charge >= 0.3 is 0 Å². The third-order valence-corrected chi connectivity index (χ3v) is 3.95. The van der Waals surface area contributed by atoms with Crippen LogP contribution in [0.15, 0.2) is 6.33 Å². The predicted octanol–water partition coefficient (Wildman–Crippen LogP) is 1.53. The summed E-state index contributed by atoms with van der Waals surface area (Å²) in [6, 6.07) is 0. The molecule has 0 amide bonds. The van der Waals surface area contributed by atoms with E-state index in [2.05, 4.69) is 23.9 Å². The molecule has 1 unspecified atom stereocenters. The van der Waals surface area contributed by atoms with Crippen LogP contribution in [0.3, 0.4) is 0 Å². The lowest BCUT2D eigenvalue weighted by Crippen LogP contribution is -2.45. The Labute approximate surface area is 114 Å². The summed E-state index contributed by atoms with van der Waals surface area (Å²) in [5, 5.41) is 25.0. The van der Waals surface area contributed by atoms with E-state index in [1.165, 1.54) is 6.33 Å². The molecule has 1 aromatic heterocycles. The SMILES string of the molecule is CC(C)Cn1ncnc1CC(O)C1(O)CCCCC1. The van der Waals surface area contributed by atoms with Gasteiger partial charge in [-0.05, 0) is 18.8 Å². The first-order valence-corrected chi connectivity index (χ1v) is 7.28. The molecule has 1 aliphatic carbocycles. The predicted molar refractivity (Wildman–Crippen MR) is 72.6 cm³/mol.